The van der Waals surface area contributed by atoms with Crippen LogP contribution in [0.3, 0.4) is 0 Å². The minimum atomic E-state index is -0.389. The second-order valence-electron chi connectivity index (χ2n) is 3.28. The molecule has 0 unspecified atom stereocenters. The Morgan fingerprint density at radius 2 is 1.81 bits per heavy atom. The van der Waals surface area contributed by atoms with Crippen molar-refractivity contribution < 1.29 is 4.92 Å². The molecule has 0 N–H and O–H groups in total. The van der Waals surface area contributed by atoms with Crippen molar-refractivity contribution >= 4 is 25.8 Å². The zero-order valence-electron chi connectivity index (χ0n) is 9.34. The third-order valence-electron chi connectivity index (χ3n) is 2.38. The molecule has 0 heterocycles. The van der Waals surface area contributed by atoms with Gasteiger partial charge in [0.25, 0.3) is 0 Å². The number of hydrogen-bond acceptors (Lipinski definition) is 3. The SMILES string of the molecule is CCN(CC)C(=[Se])c1ccc([N+](=O)[O-])cc1. The van der Waals surface area contributed by atoms with Crippen molar-refractivity contribution in [2.45, 2.75) is 13.8 Å². The molecule has 0 aliphatic rings. The molecule has 16 heavy (non-hydrogen) atoms. The summed E-state index contributed by atoms with van der Waals surface area (Å²) in [4.78, 5) is 12.3. The fraction of sp³-hybridized carbons (Fsp3) is 0.364. The molecule has 1 aromatic carbocycles. The van der Waals surface area contributed by atoms with Gasteiger partial charge in [-0.1, -0.05) is 0 Å². The number of nitrogens with zero attached hydrogens (tertiary/aromatic N) is 2. The van der Waals surface area contributed by atoms with Crippen LogP contribution in [-0.4, -0.2) is 43.0 Å². The summed E-state index contributed by atoms with van der Waals surface area (Å²) in [5, 5.41) is 10.5. The third-order valence-corrected chi connectivity index (χ3v) is 3.41. The van der Waals surface area contributed by atoms with E-state index in [0.29, 0.717) is 0 Å². The normalized spacial score (nSPS) is 9.88. The first-order valence-electron chi connectivity index (χ1n) is 5.13. The van der Waals surface area contributed by atoms with Gasteiger partial charge in [0.15, 0.2) is 0 Å². The fourth-order valence-electron chi connectivity index (χ4n) is 1.42. The maximum atomic E-state index is 10.5. The maximum absolute atomic E-state index is 10.5. The van der Waals surface area contributed by atoms with Crippen LogP contribution in [0, 0.1) is 10.1 Å². The van der Waals surface area contributed by atoms with Crippen LogP contribution in [0.15, 0.2) is 24.3 Å². The zero-order chi connectivity index (χ0) is 12.1. The molecular formula is C11H14N2O2Se. The van der Waals surface area contributed by atoms with E-state index in [1.807, 2.05) is 0 Å². The van der Waals surface area contributed by atoms with Crippen LogP contribution in [-0.2, 0) is 0 Å². The summed E-state index contributed by atoms with van der Waals surface area (Å²) in [5.74, 6) is 0. The van der Waals surface area contributed by atoms with E-state index >= 15 is 0 Å². The molecule has 0 amide bonds. The molecule has 0 saturated heterocycles. The van der Waals surface area contributed by atoms with E-state index in [4.69, 9.17) is 0 Å². The van der Waals surface area contributed by atoms with Crippen molar-refractivity contribution in [1.82, 2.24) is 4.90 Å². The van der Waals surface area contributed by atoms with Gasteiger partial charge in [-0.25, -0.2) is 0 Å². The molecule has 0 aromatic heterocycles. The molecule has 1 rings (SSSR count). The number of nitro benzene ring substituents is 1. The Labute approximate surface area is 103 Å². The molecule has 0 aliphatic heterocycles. The number of rotatable bonds is 5. The van der Waals surface area contributed by atoms with Gasteiger partial charge in [0.05, 0.1) is 0 Å². The van der Waals surface area contributed by atoms with Gasteiger partial charge in [0.1, 0.15) is 0 Å². The van der Waals surface area contributed by atoms with Gasteiger partial charge in [-0.3, -0.25) is 0 Å². The average molecular weight is 285 g/mol. The second-order valence-corrected chi connectivity index (χ2v) is 4.09. The number of hydrogen-bond donors (Lipinski definition) is 0. The van der Waals surface area contributed by atoms with E-state index in [2.05, 4.69) is 34.3 Å². The van der Waals surface area contributed by atoms with Crippen molar-refractivity contribution in [3.05, 3.63) is 39.9 Å². The van der Waals surface area contributed by atoms with E-state index in [1.165, 1.54) is 12.1 Å². The Hall–Kier alpha value is -1.19. The van der Waals surface area contributed by atoms with E-state index in [0.717, 1.165) is 23.2 Å². The number of benzene rings is 1. The van der Waals surface area contributed by atoms with Crippen LogP contribution in [0.4, 0.5) is 5.69 Å². The van der Waals surface area contributed by atoms with E-state index in [-0.39, 0.29) is 10.6 Å². The minimum absolute atomic E-state index is 0.121. The first kappa shape index (κ1) is 12.9. The van der Waals surface area contributed by atoms with Crippen LogP contribution in [0.1, 0.15) is 19.4 Å². The topological polar surface area (TPSA) is 46.4 Å². The Kier molecular flexibility index (Phi) is 4.65. The van der Waals surface area contributed by atoms with E-state index < -0.39 is 0 Å². The summed E-state index contributed by atoms with van der Waals surface area (Å²) in [6.07, 6.45) is 0. The molecule has 0 bridgehead atoms. The van der Waals surface area contributed by atoms with Crippen LogP contribution >= 0.6 is 0 Å². The van der Waals surface area contributed by atoms with E-state index in [9.17, 15) is 10.1 Å². The standard InChI is InChI=1S/C11H14N2O2Se/c1-3-12(4-2)11(16)9-5-7-10(8-6-9)13(14)15/h5-8H,3-4H2,1-2H3. The summed E-state index contributed by atoms with van der Waals surface area (Å²) >= 11 is 3.02. The van der Waals surface area contributed by atoms with Crippen molar-refractivity contribution in [2.24, 2.45) is 0 Å². The Balaban J connectivity index is 2.89. The van der Waals surface area contributed by atoms with Gasteiger partial charge in [0.2, 0.25) is 0 Å². The summed E-state index contributed by atoms with van der Waals surface area (Å²) in [6, 6.07) is 6.58. The van der Waals surface area contributed by atoms with Gasteiger partial charge >= 0.3 is 103 Å². The Morgan fingerprint density at radius 1 is 1.31 bits per heavy atom. The summed E-state index contributed by atoms with van der Waals surface area (Å²) in [6.45, 7) is 5.98. The zero-order valence-corrected chi connectivity index (χ0v) is 11.1. The summed E-state index contributed by atoms with van der Waals surface area (Å²) in [7, 11) is 0. The molecule has 0 saturated carbocycles. The molecule has 0 spiro atoms. The molecule has 0 aliphatic carbocycles. The monoisotopic (exact) mass is 286 g/mol. The Bertz CT molecular complexity index is 385. The Morgan fingerprint density at radius 3 is 2.19 bits per heavy atom. The summed E-state index contributed by atoms with van der Waals surface area (Å²) in [5.41, 5.74) is 1.10. The van der Waals surface area contributed by atoms with Crippen LogP contribution in [0.25, 0.3) is 0 Å². The second kappa shape index (κ2) is 5.77. The molecule has 0 atom stereocenters. The molecular weight excluding hydrogens is 271 g/mol. The number of nitro groups is 1. The van der Waals surface area contributed by atoms with E-state index in [1.54, 1.807) is 12.1 Å². The van der Waals surface area contributed by atoms with Gasteiger partial charge < -0.3 is 0 Å². The quantitative estimate of drug-likeness (QED) is 0.469. The molecule has 86 valence electrons. The van der Waals surface area contributed by atoms with Crippen molar-refractivity contribution in [3.63, 3.8) is 0 Å². The predicted molar refractivity (Wildman–Crippen MR) is 65.9 cm³/mol. The predicted octanol–water partition coefficient (Wildman–Crippen LogP) is 1.58. The average Bonchev–Trinajstić information content (AvgIpc) is 2.30. The van der Waals surface area contributed by atoms with Crippen LogP contribution < -0.4 is 0 Å². The first-order valence-corrected chi connectivity index (χ1v) is 5.99. The first-order chi connectivity index (χ1) is 7.60. The molecule has 0 radical (unpaired) electrons. The molecule has 4 nitrogen and oxygen atoms in total. The van der Waals surface area contributed by atoms with Crippen molar-refractivity contribution in [1.29, 1.82) is 0 Å². The van der Waals surface area contributed by atoms with Gasteiger partial charge in [-0.05, 0) is 0 Å². The molecule has 0 fully saturated rings. The van der Waals surface area contributed by atoms with Gasteiger partial charge in [-0.2, -0.15) is 0 Å². The van der Waals surface area contributed by atoms with Gasteiger partial charge in [0, 0.05) is 0 Å². The number of non-ortho nitro benzene ring substituents is 1. The fourth-order valence-corrected chi connectivity index (χ4v) is 2.25. The van der Waals surface area contributed by atoms with Gasteiger partial charge in [-0.15, -0.1) is 0 Å². The molecule has 5 heteroatoms. The van der Waals surface area contributed by atoms with Crippen LogP contribution in [0.2, 0.25) is 0 Å². The van der Waals surface area contributed by atoms with Crippen molar-refractivity contribution in [3.8, 4) is 0 Å². The summed E-state index contributed by atoms with van der Waals surface area (Å²) < 4.78 is 1.03. The van der Waals surface area contributed by atoms with Crippen LogP contribution in [0.5, 0.6) is 0 Å². The van der Waals surface area contributed by atoms with Crippen molar-refractivity contribution in [2.75, 3.05) is 13.1 Å². The molecule has 1 aromatic rings. The third kappa shape index (κ3) is 2.90.